The molecule has 0 radical (unpaired) electrons. The summed E-state index contributed by atoms with van der Waals surface area (Å²) >= 11 is 0. The first-order valence-corrected chi connectivity index (χ1v) is 22.9. The number of carboxylic acids is 2. The summed E-state index contributed by atoms with van der Waals surface area (Å²) in [7, 11) is 0. The van der Waals surface area contributed by atoms with Gasteiger partial charge < -0.3 is 50.7 Å². The van der Waals surface area contributed by atoms with Crippen LogP contribution in [0.1, 0.15) is 194 Å². The minimum Gasteiger partial charge on any atom is -0.481 e. The lowest BCUT2D eigenvalue weighted by Crippen LogP contribution is -2.60. The molecular formula is C44H82N2O12. The number of hydrogen-bond acceptors (Lipinski definition) is 10. The Kier molecular flexibility index (Phi) is 31.8. The van der Waals surface area contributed by atoms with Gasteiger partial charge in [0.1, 0.15) is 36.5 Å². The number of rotatable bonds is 38. The Morgan fingerprint density at radius 1 is 0.552 bits per heavy atom. The van der Waals surface area contributed by atoms with Gasteiger partial charge >= 0.3 is 11.9 Å². The molecule has 0 spiro atoms. The standard InChI is InChI=1S/C44H82N2O12/c1-3-5-7-9-11-13-15-17-19-21-23-25-27-33(28-26-24-22-20-18-16-14-12-10-8-6-4-2)41(53)46-35(42(54)45-34(43(55)56)29-30-37(48)49)32-57-44-40(52)39(51)38(50)36(31-47)58-44/h33-36,38-40,44,47,50-52H,3-32H2,1-2H3,(H,45,54)(H,46,53)(H,48,49)(H,55,56)/t34-,35+,36+,38+,39-,40-,44-/m0/s1. The van der Waals surface area contributed by atoms with Crippen LogP contribution in [0.2, 0.25) is 0 Å². The molecule has 0 bridgehead atoms. The molecule has 1 fully saturated rings. The Morgan fingerprint density at radius 2 is 0.966 bits per heavy atom. The van der Waals surface area contributed by atoms with Crippen molar-refractivity contribution >= 4 is 23.8 Å². The van der Waals surface area contributed by atoms with E-state index < -0.39 is 98.5 Å². The van der Waals surface area contributed by atoms with E-state index in [0.29, 0.717) is 12.8 Å². The summed E-state index contributed by atoms with van der Waals surface area (Å²) in [5.41, 5.74) is 0. The van der Waals surface area contributed by atoms with Crippen molar-refractivity contribution in [2.45, 2.75) is 236 Å². The van der Waals surface area contributed by atoms with E-state index >= 15 is 0 Å². The first kappa shape index (κ1) is 53.7. The van der Waals surface area contributed by atoms with Crippen LogP contribution in [0.15, 0.2) is 0 Å². The van der Waals surface area contributed by atoms with Gasteiger partial charge in [0, 0.05) is 12.3 Å². The quantitative estimate of drug-likeness (QED) is 0.0311. The maximum Gasteiger partial charge on any atom is 0.326 e. The molecule has 58 heavy (non-hydrogen) atoms. The van der Waals surface area contributed by atoms with Crippen molar-refractivity contribution in [3.63, 3.8) is 0 Å². The monoisotopic (exact) mass is 831 g/mol. The zero-order valence-electron chi connectivity index (χ0n) is 36.0. The number of ether oxygens (including phenoxy) is 2. The molecule has 340 valence electrons. The summed E-state index contributed by atoms with van der Waals surface area (Å²) in [6, 6.07) is -3.04. The highest BCUT2D eigenvalue weighted by Crippen LogP contribution is 2.24. The number of unbranched alkanes of at least 4 members (excludes halogenated alkanes) is 22. The summed E-state index contributed by atoms with van der Waals surface area (Å²) < 4.78 is 11.0. The van der Waals surface area contributed by atoms with Gasteiger partial charge in [-0.3, -0.25) is 14.4 Å². The van der Waals surface area contributed by atoms with Crippen LogP contribution in [-0.2, 0) is 28.7 Å². The number of aliphatic hydroxyl groups is 4. The van der Waals surface area contributed by atoms with Crippen LogP contribution in [-0.4, -0.2) is 110 Å². The number of carbonyl (C=O) groups is 4. The third-order valence-electron chi connectivity index (χ3n) is 11.4. The van der Waals surface area contributed by atoms with Crippen molar-refractivity contribution in [2.75, 3.05) is 13.2 Å². The molecule has 0 unspecified atom stereocenters. The van der Waals surface area contributed by atoms with Crippen molar-refractivity contribution in [1.29, 1.82) is 0 Å². The molecule has 2 amide bonds. The molecule has 1 aliphatic rings. The first-order chi connectivity index (χ1) is 28.0. The average molecular weight is 831 g/mol. The number of aliphatic hydroxyl groups excluding tert-OH is 4. The normalized spacial score (nSPS) is 20.5. The second-order valence-corrected chi connectivity index (χ2v) is 16.5. The molecule has 0 aromatic heterocycles. The fourth-order valence-electron chi connectivity index (χ4n) is 7.54. The van der Waals surface area contributed by atoms with Gasteiger partial charge in [0.05, 0.1) is 13.2 Å². The van der Waals surface area contributed by atoms with Crippen molar-refractivity contribution < 1.29 is 59.3 Å². The second-order valence-electron chi connectivity index (χ2n) is 16.5. The summed E-state index contributed by atoms with van der Waals surface area (Å²) in [5, 5.41) is 64.3. The van der Waals surface area contributed by atoms with Crippen molar-refractivity contribution in [2.24, 2.45) is 5.92 Å². The van der Waals surface area contributed by atoms with E-state index in [1.807, 2.05) is 0 Å². The number of carbonyl (C=O) groups excluding carboxylic acids is 2. The van der Waals surface area contributed by atoms with Crippen LogP contribution in [0.5, 0.6) is 0 Å². The minimum atomic E-state index is -1.76. The molecule has 0 aromatic carbocycles. The third-order valence-corrected chi connectivity index (χ3v) is 11.4. The highest BCUT2D eigenvalue weighted by Gasteiger charge is 2.44. The topological polar surface area (TPSA) is 232 Å². The van der Waals surface area contributed by atoms with Crippen LogP contribution in [0, 0.1) is 5.92 Å². The molecule has 0 aromatic rings. The maximum atomic E-state index is 13.9. The Hall–Kier alpha value is -2.36. The van der Waals surface area contributed by atoms with Gasteiger partial charge in [-0.15, -0.1) is 0 Å². The van der Waals surface area contributed by atoms with E-state index in [1.54, 1.807) is 0 Å². The number of hydrogen-bond donors (Lipinski definition) is 8. The van der Waals surface area contributed by atoms with Gasteiger partial charge in [-0.25, -0.2) is 4.79 Å². The average Bonchev–Trinajstić information content (AvgIpc) is 3.20. The van der Waals surface area contributed by atoms with Crippen LogP contribution < -0.4 is 10.6 Å². The molecule has 1 rings (SSSR count). The molecule has 7 atom stereocenters. The molecular weight excluding hydrogens is 748 g/mol. The van der Waals surface area contributed by atoms with Gasteiger partial charge in [0.2, 0.25) is 11.8 Å². The number of nitrogens with one attached hydrogen (secondary N) is 2. The van der Waals surface area contributed by atoms with Crippen LogP contribution in [0.4, 0.5) is 0 Å². The van der Waals surface area contributed by atoms with E-state index in [1.165, 1.54) is 103 Å². The fraction of sp³-hybridized carbons (Fsp3) is 0.909. The highest BCUT2D eigenvalue weighted by atomic mass is 16.7. The van der Waals surface area contributed by atoms with Crippen LogP contribution in [0.3, 0.4) is 0 Å². The van der Waals surface area contributed by atoms with E-state index in [0.717, 1.165) is 51.4 Å². The van der Waals surface area contributed by atoms with Crippen molar-refractivity contribution in [3.05, 3.63) is 0 Å². The lowest BCUT2D eigenvalue weighted by atomic mass is 9.92. The smallest absolute Gasteiger partial charge is 0.326 e. The Labute approximate surface area is 348 Å². The fourth-order valence-corrected chi connectivity index (χ4v) is 7.54. The van der Waals surface area contributed by atoms with E-state index in [2.05, 4.69) is 24.5 Å². The van der Waals surface area contributed by atoms with Crippen LogP contribution in [0.25, 0.3) is 0 Å². The molecule has 1 saturated heterocycles. The molecule has 8 N–H and O–H groups in total. The van der Waals surface area contributed by atoms with Gasteiger partial charge in [-0.05, 0) is 19.3 Å². The largest absolute Gasteiger partial charge is 0.481 e. The minimum absolute atomic E-state index is 0.398. The second kappa shape index (κ2) is 34.4. The van der Waals surface area contributed by atoms with E-state index in [9.17, 15) is 44.7 Å². The molecule has 1 heterocycles. The molecule has 1 aliphatic heterocycles. The zero-order valence-corrected chi connectivity index (χ0v) is 36.0. The first-order valence-electron chi connectivity index (χ1n) is 22.9. The zero-order chi connectivity index (χ0) is 43.0. The predicted octanol–water partition coefficient (Wildman–Crippen LogP) is 6.52. The number of aliphatic carboxylic acids is 2. The summed E-state index contributed by atoms with van der Waals surface area (Å²) in [6.07, 6.45) is 20.8. The summed E-state index contributed by atoms with van der Waals surface area (Å²) in [6.45, 7) is 3.14. The predicted molar refractivity (Wildman–Crippen MR) is 223 cm³/mol. The molecule has 0 saturated carbocycles. The lowest BCUT2D eigenvalue weighted by Gasteiger charge is -2.40. The maximum absolute atomic E-state index is 13.9. The lowest BCUT2D eigenvalue weighted by molar-refractivity contribution is -0.301. The number of amides is 2. The SMILES string of the molecule is CCCCCCCCCCCCCCC(CCCCCCCCCCCCCC)C(=O)N[C@H](CO[C@H]1O[C@H](CO)[C@@H](O)[C@H](O)[C@@H]1O)C(=O)N[C@@H](CCC(=O)O)C(=O)O. The van der Waals surface area contributed by atoms with Gasteiger partial charge in [0.15, 0.2) is 6.29 Å². The summed E-state index contributed by atoms with van der Waals surface area (Å²) in [5.74, 6) is -4.46. The summed E-state index contributed by atoms with van der Waals surface area (Å²) in [4.78, 5) is 50.6. The molecule has 14 heteroatoms. The van der Waals surface area contributed by atoms with E-state index in [-0.39, 0.29) is 0 Å². The number of carboxylic acid groups (broad SMARTS) is 2. The highest BCUT2D eigenvalue weighted by molar-refractivity contribution is 5.91. The Bertz CT molecular complexity index is 1050. The van der Waals surface area contributed by atoms with Crippen molar-refractivity contribution in [3.8, 4) is 0 Å². The third kappa shape index (κ3) is 24.7. The van der Waals surface area contributed by atoms with E-state index in [4.69, 9.17) is 14.6 Å². The molecule has 14 nitrogen and oxygen atoms in total. The Balaban J connectivity index is 2.92. The van der Waals surface area contributed by atoms with Gasteiger partial charge in [0.25, 0.3) is 0 Å². The van der Waals surface area contributed by atoms with Gasteiger partial charge in [-0.2, -0.15) is 0 Å². The van der Waals surface area contributed by atoms with Crippen LogP contribution >= 0.6 is 0 Å². The Morgan fingerprint density at radius 3 is 1.36 bits per heavy atom. The van der Waals surface area contributed by atoms with Crippen molar-refractivity contribution in [1.82, 2.24) is 10.6 Å². The molecule has 0 aliphatic carbocycles. The van der Waals surface area contributed by atoms with Gasteiger partial charge in [-0.1, -0.05) is 168 Å².